The lowest BCUT2D eigenvalue weighted by molar-refractivity contribution is 0.364. The lowest BCUT2D eigenvalue weighted by Crippen LogP contribution is -2.23. The molecular weight excluding hydrogens is 256 g/mol. The van der Waals surface area contributed by atoms with Crippen LogP contribution in [0.1, 0.15) is 26.7 Å². The summed E-state index contributed by atoms with van der Waals surface area (Å²) in [7, 11) is 0. The van der Waals surface area contributed by atoms with Crippen molar-refractivity contribution in [2.75, 3.05) is 11.9 Å². The van der Waals surface area contributed by atoms with Gasteiger partial charge in [0.2, 0.25) is 0 Å². The third kappa shape index (κ3) is 4.36. The second-order valence-corrected chi connectivity index (χ2v) is 6.09. The van der Waals surface area contributed by atoms with Gasteiger partial charge in [-0.05, 0) is 23.5 Å². The van der Waals surface area contributed by atoms with Crippen LogP contribution in [0.4, 0.5) is 5.69 Å². The van der Waals surface area contributed by atoms with E-state index in [1.807, 2.05) is 6.07 Å². The predicted octanol–water partition coefficient (Wildman–Crippen LogP) is 5.10. The lowest BCUT2D eigenvalue weighted by atomic mass is 9.88. The van der Waals surface area contributed by atoms with Gasteiger partial charge in [-0.15, -0.1) is 0 Å². The van der Waals surface area contributed by atoms with Crippen molar-refractivity contribution in [3.05, 3.63) is 54.6 Å². The molecule has 0 bridgehead atoms. The van der Waals surface area contributed by atoms with Crippen LogP contribution in [0.2, 0.25) is 0 Å². The molecule has 2 nitrogen and oxygen atoms in total. The van der Waals surface area contributed by atoms with E-state index in [1.165, 1.54) is 11.1 Å². The third-order valence-corrected chi connectivity index (χ3v) is 3.68. The first-order valence-corrected chi connectivity index (χ1v) is 7.38. The standard InChI is InChI=1S/C19H22N2/c1-19(2,13-8-14-20)15-21-18-12-7-6-11-17(18)16-9-4-3-5-10-16/h3-7,9-12,21H,8,13,15H2,1-2H3. The molecule has 0 aliphatic heterocycles. The number of nitrogens with one attached hydrogen (secondary N) is 1. The normalized spacial score (nSPS) is 10.9. The quantitative estimate of drug-likeness (QED) is 0.798. The summed E-state index contributed by atoms with van der Waals surface area (Å²) in [5, 5.41) is 12.3. The molecule has 0 unspecified atom stereocenters. The Morgan fingerprint density at radius 1 is 1.00 bits per heavy atom. The van der Waals surface area contributed by atoms with Crippen molar-refractivity contribution in [3.8, 4) is 17.2 Å². The summed E-state index contributed by atoms with van der Waals surface area (Å²) in [4.78, 5) is 0. The fourth-order valence-corrected chi connectivity index (χ4v) is 2.32. The van der Waals surface area contributed by atoms with Crippen molar-refractivity contribution in [1.82, 2.24) is 0 Å². The van der Waals surface area contributed by atoms with Gasteiger partial charge in [0.05, 0.1) is 6.07 Å². The van der Waals surface area contributed by atoms with Gasteiger partial charge in [-0.1, -0.05) is 62.4 Å². The van der Waals surface area contributed by atoms with Crippen LogP contribution in [0.15, 0.2) is 54.6 Å². The Morgan fingerprint density at radius 3 is 2.38 bits per heavy atom. The zero-order valence-electron chi connectivity index (χ0n) is 12.8. The zero-order chi connectivity index (χ0) is 15.1. The number of rotatable bonds is 6. The summed E-state index contributed by atoms with van der Waals surface area (Å²) >= 11 is 0. The van der Waals surface area contributed by atoms with Gasteiger partial charge < -0.3 is 5.32 Å². The molecule has 0 aliphatic carbocycles. The molecule has 0 atom stereocenters. The largest absolute Gasteiger partial charge is 0.384 e. The Bertz CT molecular complexity index is 609. The Hall–Kier alpha value is -2.27. The molecule has 2 aromatic carbocycles. The van der Waals surface area contributed by atoms with Crippen LogP contribution >= 0.6 is 0 Å². The first kappa shape index (κ1) is 15.1. The van der Waals surface area contributed by atoms with E-state index >= 15 is 0 Å². The second kappa shape index (κ2) is 6.95. The fourth-order valence-electron chi connectivity index (χ4n) is 2.32. The van der Waals surface area contributed by atoms with Crippen LogP contribution in [0.25, 0.3) is 11.1 Å². The molecule has 21 heavy (non-hydrogen) atoms. The average Bonchev–Trinajstić information content (AvgIpc) is 2.52. The van der Waals surface area contributed by atoms with E-state index in [2.05, 4.69) is 73.8 Å². The molecule has 0 heterocycles. The van der Waals surface area contributed by atoms with Crippen LogP contribution in [-0.4, -0.2) is 6.54 Å². The van der Waals surface area contributed by atoms with E-state index < -0.39 is 0 Å². The molecule has 0 aromatic heterocycles. The molecular formula is C19H22N2. The lowest BCUT2D eigenvalue weighted by Gasteiger charge is -2.25. The maximum atomic E-state index is 8.74. The minimum absolute atomic E-state index is 0.111. The number of benzene rings is 2. The molecule has 0 saturated carbocycles. The van der Waals surface area contributed by atoms with Gasteiger partial charge in [-0.25, -0.2) is 0 Å². The van der Waals surface area contributed by atoms with Gasteiger partial charge in [0.25, 0.3) is 0 Å². The number of hydrogen-bond donors (Lipinski definition) is 1. The zero-order valence-corrected chi connectivity index (χ0v) is 12.8. The van der Waals surface area contributed by atoms with Gasteiger partial charge in [-0.3, -0.25) is 0 Å². The maximum absolute atomic E-state index is 8.74. The van der Waals surface area contributed by atoms with Crippen molar-refractivity contribution in [2.45, 2.75) is 26.7 Å². The Balaban J connectivity index is 2.13. The van der Waals surface area contributed by atoms with E-state index in [0.29, 0.717) is 6.42 Å². The molecule has 0 aliphatic rings. The SMILES string of the molecule is CC(C)(CCC#N)CNc1ccccc1-c1ccccc1. The molecule has 0 amide bonds. The number of hydrogen-bond acceptors (Lipinski definition) is 2. The van der Waals surface area contributed by atoms with Crippen molar-refractivity contribution in [1.29, 1.82) is 5.26 Å². The molecule has 0 spiro atoms. The van der Waals surface area contributed by atoms with E-state index in [1.54, 1.807) is 0 Å². The van der Waals surface area contributed by atoms with Crippen molar-refractivity contribution >= 4 is 5.69 Å². The van der Waals surface area contributed by atoms with Gasteiger partial charge >= 0.3 is 0 Å². The highest BCUT2D eigenvalue weighted by atomic mass is 14.9. The summed E-state index contributed by atoms with van der Waals surface area (Å²) in [5.41, 5.74) is 3.69. The van der Waals surface area contributed by atoms with Crippen LogP contribution in [0, 0.1) is 16.7 Å². The maximum Gasteiger partial charge on any atom is 0.0621 e. The molecule has 2 heteroatoms. The van der Waals surface area contributed by atoms with Gasteiger partial charge in [0.1, 0.15) is 0 Å². The van der Waals surface area contributed by atoms with E-state index in [-0.39, 0.29) is 5.41 Å². The summed E-state index contributed by atoms with van der Waals surface area (Å²) in [6.45, 7) is 5.25. The Kier molecular flexibility index (Phi) is 5.00. The molecule has 1 N–H and O–H groups in total. The topological polar surface area (TPSA) is 35.8 Å². The van der Waals surface area contributed by atoms with Crippen molar-refractivity contribution < 1.29 is 0 Å². The fraction of sp³-hybridized carbons (Fsp3) is 0.316. The number of para-hydroxylation sites is 1. The van der Waals surface area contributed by atoms with Gasteiger partial charge in [-0.2, -0.15) is 5.26 Å². The predicted molar refractivity (Wildman–Crippen MR) is 89.0 cm³/mol. The molecule has 2 rings (SSSR count). The monoisotopic (exact) mass is 278 g/mol. The highest BCUT2D eigenvalue weighted by molar-refractivity contribution is 5.77. The second-order valence-electron chi connectivity index (χ2n) is 6.09. The minimum atomic E-state index is 0.111. The highest BCUT2D eigenvalue weighted by Gasteiger charge is 2.17. The van der Waals surface area contributed by atoms with Gasteiger partial charge in [0, 0.05) is 24.2 Å². The van der Waals surface area contributed by atoms with E-state index in [0.717, 1.165) is 18.7 Å². The molecule has 0 radical (unpaired) electrons. The smallest absolute Gasteiger partial charge is 0.0621 e. The summed E-state index contributed by atoms with van der Waals surface area (Å²) in [6.07, 6.45) is 1.51. The summed E-state index contributed by atoms with van der Waals surface area (Å²) < 4.78 is 0. The van der Waals surface area contributed by atoms with Crippen LogP contribution in [0.5, 0.6) is 0 Å². The first-order chi connectivity index (χ1) is 10.1. The average molecular weight is 278 g/mol. The Morgan fingerprint density at radius 2 is 1.67 bits per heavy atom. The van der Waals surface area contributed by atoms with Crippen LogP contribution in [-0.2, 0) is 0 Å². The van der Waals surface area contributed by atoms with E-state index in [4.69, 9.17) is 5.26 Å². The third-order valence-electron chi connectivity index (χ3n) is 3.68. The first-order valence-electron chi connectivity index (χ1n) is 7.38. The van der Waals surface area contributed by atoms with Crippen molar-refractivity contribution in [2.24, 2.45) is 5.41 Å². The Labute approximate surface area is 127 Å². The van der Waals surface area contributed by atoms with Crippen LogP contribution < -0.4 is 5.32 Å². The number of anilines is 1. The molecule has 2 aromatic rings. The minimum Gasteiger partial charge on any atom is -0.384 e. The number of nitrogens with zero attached hydrogens (tertiary/aromatic N) is 1. The molecule has 108 valence electrons. The summed E-state index contributed by atoms with van der Waals surface area (Å²) in [6, 6.07) is 21.0. The van der Waals surface area contributed by atoms with Crippen LogP contribution in [0.3, 0.4) is 0 Å². The molecule has 0 fully saturated rings. The highest BCUT2D eigenvalue weighted by Crippen LogP contribution is 2.29. The van der Waals surface area contributed by atoms with E-state index in [9.17, 15) is 0 Å². The molecule has 0 saturated heterocycles. The number of nitriles is 1. The van der Waals surface area contributed by atoms with Gasteiger partial charge in [0.15, 0.2) is 0 Å². The van der Waals surface area contributed by atoms with Crippen molar-refractivity contribution in [3.63, 3.8) is 0 Å². The summed E-state index contributed by atoms with van der Waals surface area (Å²) in [5.74, 6) is 0.